The van der Waals surface area contributed by atoms with Crippen molar-refractivity contribution >= 4 is 0 Å². The quantitative estimate of drug-likeness (QED) is 0.926. The molecular formula is C14H20F3N3. The van der Waals surface area contributed by atoms with Crippen molar-refractivity contribution in [3.8, 4) is 0 Å². The van der Waals surface area contributed by atoms with Crippen LogP contribution < -0.4 is 5.73 Å². The monoisotopic (exact) mass is 287 g/mol. The molecule has 2 rings (SSSR count). The van der Waals surface area contributed by atoms with Gasteiger partial charge in [0, 0.05) is 24.5 Å². The molecule has 0 spiro atoms. The van der Waals surface area contributed by atoms with Crippen LogP contribution in [0.2, 0.25) is 0 Å². The second kappa shape index (κ2) is 6.10. The lowest BCUT2D eigenvalue weighted by atomic mass is 10.0. The van der Waals surface area contributed by atoms with Crippen LogP contribution in [0.1, 0.15) is 37.8 Å². The first-order chi connectivity index (χ1) is 9.45. The number of rotatable bonds is 4. The van der Waals surface area contributed by atoms with Crippen LogP contribution in [0, 0.1) is 0 Å². The van der Waals surface area contributed by atoms with Gasteiger partial charge in [-0.1, -0.05) is 13.0 Å². The predicted octanol–water partition coefficient (Wildman–Crippen LogP) is 2.89. The highest BCUT2D eigenvalue weighted by molar-refractivity contribution is 5.16. The number of alkyl halides is 3. The summed E-state index contributed by atoms with van der Waals surface area (Å²) in [4.78, 5) is 5.52. The molecule has 2 heterocycles. The predicted molar refractivity (Wildman–Crippen MR) is 71.0 cm³/mol. The molecule has 112 valence electrons. The van der Waals surface area contributed by atoms with Crippen LogP contribution in [-0.4, -0.2) is 34.7 Å². The molecular weight excluding hydrogens is 267 g/mol. The second-order valence-corrected chi connectivity index (χ2v) is 5.24. The van der Waals surface area contributed by atoms with Crippen LogP contribution in [0.4, 0.5) is 13.2 Å². The van der Waals surface area contributed by atoms with Crippen LogP contribution in [0.5, 0.6) is 0 Å². The molecule has 1 aromatic heterocycles. The van der Waals surface area contributed by atoms with E-state index in [1.165, 1.54) is 4.90 Å². The lowest BCUT2D eigenvalue weighted by Crippen LogP contribution is -2.55. The Morgan fingerprint density at radius 1 is 1.50 bits per heavy atom. The Labute approximate surface area is 117 Å². The van der Waals surface area contributed by atoms with E-state index in [2.05, 4.69) is 4.98 Å². The van der Waals surface area contributed by atoms with Crippen molar-refractivity contribution in [2.45, 2.75) is 50.5 Å². The van der Waals surface area contributed by atoms with E-state index in [0.29, 0.717) is 19.4 Å². The molecule has 1 fully saturated rings. The van der Waals surface area contributed by atoms with Gasteiger partial charge in [-0.2, -0.15) is 13.2 Å². The summed E-state index contributed by atoms with van der Waals surface area (Å²) in [6.07, 6.45) is 0.744. The lowest BCUT2D eigenvalue weighted by Gasteiger charge is -2.37. The average molecular weight is 287 g/mol. The topological polar surface area (TPSA) is 42.1 Å². The minimum absolute atomic E-state index is 0.243. The molecule has 2 N–H and O–H groups in total. The van der Waals surface area contributed by atoms with Gasteiger partial charge in [-0.25, -0.2) is 0 Å². The zero-order valence-electron chi connectivity index (χ0n) is 11.5. The van der Waals surface area contributed by atoms with Gasteiger partial charge >= 0.3 is 6.18 Å². The van der Waals surface area contributed by atoms with Gasteiger partial charge in [-0.15, -0.1) is 0 Å². The first-order valence-electron chi connectivity index (χ1n) is 6.93. The summed E-state index contributed by atoms with van der Waals surface area (Å²) in [6.45, 7) is 2.12. The van der Waals surface area contributed by atoms with E-state index in [0.717, 1.165) is 12.0 Å². The summed E-state index contributed by atoms with van der Waals surface area (Å²) >= 11 is 0. The van der Waals surface area contributed by atoms with Gasteiger partial charge in [0.25, 0.3) is 0 Å². The summed E-state index contributed by atoms with van der Waals surface area (Å²) in [5, 5.41) is 0. The lowest BCUT2D eigenvalue weighted by molar-refractivity contribution is -0.192. The number of aromatic nitrogens is 1. The Hall–Kier alpha value is -1.14. The van der Waals surface area contributed by atoms with Crippen molar-refractivity contribution in [1.29, 1.82) is 0 Å². The van der Waals surface area contributed by atoms with Gasteiger partial charge in [-0.3, -0.25) is 9.88 Å². The van der Waals surface area contributed by atoms with Crippen molar-refractivity contribution < 1.29 is 13.2 Å². The van der Waals surface area contributed by atoms with E-state index in [-0.39, 0.29) is 6.04 Å². The van der Waals surface area contributed by atoms with Crippen LogP contribution in [-0.2, 0) is 0 Å². The fourth-order valence-electron chi connectivity index (χ4n) is 2.95. The minimum atomic E-state index is -4.31. The Bertz CT molecular complexity index is 421. The van der Waals surface area contributed by atoms with E-state index in [4.69, 9.17) is 5.73 Å². The Balaban J connectivity index is 2.28. The van der Waals surface area contributed by atoms with E-state index < -0.39 is 18.3 Å². The molecule has 0 aliphatic carbocycles. The highest BCUT2D eigenvalue weighted by Crippen LogP contribution is 2.39. The van der Waals surface area contributed by atoms with Crippen LogP contribution in [0.15, 0.2) is 24.5 Å². The summed E-state index contributed by atoms with van der Waals surface area (Å²) < 4.78 is 40.1. The zero-order valence-corrected chi connectivity index (χ0v) is 11.5. The van der Waals surface area contributed by atoms with Crippen molar-refractivity contribution in [2.75, 3.05) is 6.54 Å². The third-order valence-electron chi connectivity index (χ3n) is 3.93. The van der Waals surface area contributed by atoms with Crippen LogP contribution in [0.25, 0.3) is 0 Å². The van der Waals surface area contributed by atoms with Crippen LogP contribution in [0.3, 0.4) is 0 Å². The third kappa shape index (κ3) is 3.12. The van der Waals surface area contributed by atoms with Gasteiger partial charge in [0.05, 0.1) is 0 Å². The largest absolute Gasteiger partial charge is 0.405 e. The standard InChI is InChI=1S/C14H20F3N3/c1-2-11(18)13(14(15,16)17)20-8-4-6-12(20)10-5-3-7-19-9-10/h3,5,7,9,11-13H,2,4,6,8,18H2,1H3. The Kier molecular flexibility index (Phi) is 4.65. The van der Waals surface area contributed by atoms with Gasteiger partial charge in [0.15, 0.2) is 0 Å². The summed E-state index contributed by atoms with van der Waals surface area (Å²) in [5.41, 5.74) is 6.58. The molecule has 0 amide bonds. The highest BCUT2D eigenvalue weighted by Gasteiger charge is 2.49. The van der Waals surface area contributed by atoms with E-state index in [9.17, 15) is 13.2 Å². The number of nitrogens with two attached hydrogens (primary N) is 1. The molecule has 0 bridgehead atoms. The number of pyridine rings is 1. The zero-order chi connectivity index (χ0) is 14.8. The molecule has 0 radical (unpaired) electrons. The smallest absolute Gasteiger partial charge is 0.326 e. The molecule has 20 heavy (non-hydrogen) atoms. The van der Waals surface area contributed by atoms with Gasteiger partial charge < -0.3 is 5.73 Å². The third-order valence-corrected chi connectivity index (χ3v) is 3.93. The SMILES string of the molecule is CCC(N)C(N1CCCC1c1cccnc1)C(F)(F)F. The Morgan fingerprint density at radius 2 is 2.25 bits per heavy atom. The molecule has 3 unspecified atom stereocenters. The number of likely N-dealkylation sites (tertiary alicyclic amines) is 1. The highest BCUT2D eigenvalue weighted by atomic mass is 19.4. The molecule has 1 aromatic rings. The first-order valence-corrected chi connectivity index (χ1v) is 6.93. The minimum Gasteiger partial charge on any atom is -0.326 e. The van der Waals surface area contributed by atoms with Crippen molar-refractivity contribution in [3.63, 3.8) is 0 Å². The molecule has 6 heteroatoms. The summed E-state index contributed by atoms with van der Waals surface area (Å²) in [6, 6.07) is 0.870. The maximum absolute atomic E-state index is 13.4. The molecule has 1 aliphatic rings. The number of nitrogens with zero attached hydrogens (tertiary/aromatic N) is 2. The molecule has 0 aromatic carbocycles. The normalized spacial score (nSPS) is 23.8. The molecule has 0 saturated carbocycles. The summed E-state index contributed by atoms with van der Waals surface area (Å²) in [5.74, 6) is 0. The van der Waals surface area contributed by atoms with Crippen molar-refractivity contribution in [2.24, 2.45) is 5.73 Å². The van der Waals surface area contributed by atoms with E-state index in [1.807, 2.05) is 6.07 Å². The van der Waals surface area contributed by atoms with Crippen molar-refractivity contribution in [3.05, 3.63) is 30.1 Å². The fourth-order valence-corrected chi connectivity index (χ4v) is 2.95. The fraction of sp³-hybridized carbons (Fsp3) is 0.643. The average Bonchev–Trinajstić information content (AvgIpc) is 2.87. The maximum atomic E-state index is 13.4. The van der Waals surface area contributed by atoms with Gasteiger partial charge in [0.2, 0.25) is 0 Å². The number of halogens is 3. The molecule has 1 saturated heterocycles. The van der Waals surface area contributed by atoms with Gasteiger partial charge in [0.1, 0.15) is 6.04 Å². The Morgan fingerprint density at radius 3 is 2.80 bits per heavy atom. The van der Waals surface area contributed by atoms with Gasteiger partial charge in [-0.05, 0) is 37.4 Å². The first kappa shape index (κ1) is 15.3. The number of hydrogen-bond acceptors (Lipinski definition) is 3. The number of hydrogen-bond donors (Lipinski definition) is 1. The van der Waals surface area contributed by atoms with E-state index >= 15 is 0 Å². The summed E-state index contributed by atoms with van der Waals surface area (Å²) in [7, 11) is 0. The van der Waals surface area contributed by atoms with Crippen LogP contribution >= 0.6 is 0 Å². The molecule has 3 atom stereocenters. The molecule has 1 aliphatic heterocycles. The van der Waals surface area contributed by atoms with Crippen molar-refractivity contribution in [1.82, 2.24) is 9.88 Å². The second-order valence-electron chi connectivity index (χ2n) is 5.24. The molecule has 3 nitrogen and oxygen atoms in total. The maximum Gasteiger partial charge on any atom is 0.405 e. The van der Waals surface area contributed by atoms with E-state index in [1.54, 1.807) is 25.4 Å².